The minimum atomic E-state index is -2.93. The third-order valence-corrected chi connectivity index (χ3v) is 14.3. The molecule has 8 aromatic rings. The van der Waals surface area contributed by atoms with Gasteiger partial charge in [0.1, 0.15) is 6.07 Å². The molecule has 0 spiro atoms. The smallest absolute Gasteiger partial charge is 0.180 e. The molecule has 0 aliphatic rings. The molecular weight excluding hydrogens is 599 g/mol. The Kier molecular flexibility index (Phi) is 7.27. The molecule has 0 unspecified atom stereocenters. The molecule has 0 aliphatic carbocycles. The van der Waals surface area contributed by atoms with Gasteiger partial charge in [0.05, 0.1) is 33.9 Å². The zero-order valence-corrected chi connectivity index (χ0v) is 27.1. The van der Waals surface area contributed by atoms with Gasteiger partial charge in [-0.1, -0.05) is 140 Å². The highest BCUT2D eigenvalue weighted by molar-refractivity contribution is 7.20. The van der Waals surface area contributed by atoms with Crippen LogP contribution in [0.1, 0.15) is 11.1 Å². The van der Waals surface area contributed by atoms with Crippen LogP contribution in [0, 0.1) is 22.7 Å². The Morgan fingerprint density at radius 2 is 0.958 bits per heavy atom. The van der Waals surface area contributed by atoms with Gasteiger partial charge in [-0.25, -0.2) is 0 Å². The van der Waals surface area contributed by atoms with Crippen molar-refractivity contribution in [1.82, 2.24) is 4.57 Å². The fourth-order valence-corrected chi connectivity index (χ4v) is 12.3. The zero-order valence-electron chi connectivity index (χ0n) is 26.1. The van der Waals surface area contributed by atoms with E-state index < -0.39 is 8.07 Å². The highest BCUT2D eigenvalue weighted by Gasteiger charge is 2.43. The predicted octanol–water partition coefficient (Wildman–Crippen LogP) is 7.57. The van der Waals surface area contributed by atoms with Crippen LogP contribution >= 0.6 is 0 Å². The molecule has 4 heteroatoms. The summed E-state index contributed by atoms with van der Waals surface area (Å²) in [5.74, 6) is 0. The van der Waals surface area contributed by atoms with Gasteiger partial charge in [-0.2, -0.15) is 10.5 Å². The molecule has 3 nitrogen and oxygen atoms in total. The van der Waals surface area contributed by atoms with Crippen molar-refractivity contribution in [2.45, 2.75) is 0 Å². The van der Waals surface area contributed by atoms with Gasteiger partial charge in [0.2, 0.25) is 0 Å². The molecule has 0 fully saturated rings. The van der Waals surface area contributed by atoms with Gasteiger partial charge in [0.15, 0.2) is 8.07 Å². The molecule has 0 radical (unpaired) electrons. The van der Waals surface area contributed by atoms with Gasteiger partial charge < -0.3 is 4.57 Å². The Morgan fingerprint density at radius 3 is 1.46 bits per heavy atom. The third-order valence-electron chi connectivity index (χ3n) is 9.42. The average Bonchev–Trinajstić information content (AvgIpc) is 3.50. The molecule has 0 saturated carbocycles. The Labute approximate surface area is 280 Å². The summed E-state index contributed by atoms with van der Waals surface area (Å²) in [4.78, 5) is 0. The number of para-hydroxylation sites is 2. The normalized spacial score (nSPS) is 11.3. The van der Waals surface area contributed by atoms with E-state index in [0.717, 1.165) is 38.6 Å². The number of hydrogen-bond donors (Lipinski definition) is 0. The summed E-state index contributed by atoms with van der Waals surface area (Å²) in [6.45, 7) is 0. The predicted molar refractivity (Wildman–Crippen MR) is 199 cm³/mol. The molecule has 0 N–H and O–H groups in total. The maximum absolute atomic E-state index is 10.7. The van der Waals surface area contributed by atoms with Gasteiger partial charge in [0, 0.05) is 10.8 Å². The molecule has 1 aromatic heterocycles. The number of hydrogen-bond acceptors (Lipinski definition) is 2. The molecule has 224 valence electrons. The monoisotopic (exact) mass is 627 g/mol. The van der Waals surface area contributed by atoms with Gasteiger partial charge in [-0.05, 0) is 68.3 Å². The van der Waals surface area contributed by atoms with Crippen molar-refractivity contribution < 1.29 is 0 Å². The third kappa shape index (κ3) is 4.55. The van der Waals surface area contributed by atoms with E-state index in [-0.39, 0.29) is 0 Å². The van der Waals surface area contributed by atoms with Crippen LogP contribution in [0.4, 0.5) is 0 Å². The summed E-state index contributed by atoms with van der Waals surface area (Å²) in [7, 11) is -2.93. The van der Waals surface area contributed by atoms with Crippen LogP contribution in [0.3, 0.4) is 0 Å². The summed E-state index contributed by atoms with van der Waals surface area (Å²) in [5, 5.41) is 28.0. The lowest BCUT2D eigenvalue weighted by Gasteiger charge is -2.36. The number of nitrogens with zero attached hydrogens (tertiary/aromatic N) is 3. The fraction of sp³-hybridized carbons (Fsp3) is 0. The van der Waals surface area contributed by atoms with Gasteiger partial charge in [-0.3, -0.25) is 0 Å². The van der Waals surface area contributed by atoms with Gasteiger partial charge in [0.25, 0.3) is 0 Å². The van der Waals surface area contributed by atoms with E-state index in [1.165, 1.54) is 20.7 Å². The number of nitriles is 2. The SMILES string of the molecule is N#Cc1ccc([Si](c2ccccc2)(c2ccccc2)c2ccccc2)c(-c2ccc(-n3c4ccccc4c4ccccc43)c(C#N)c2)c1. The maximum atomic E-state index is 10.7. The van der Waals surface area contributed by atoms with Crippen LogP contribution in [0.2, 0.25) is 0 Å². The summed E-state index contributed by atoms with van der Waals surface area (Å²) >= 11 is 0. The topological polar surface area (TPSA) is 52.5 Å². The lowest BCUT2D eigenvalue weighted by molar-refractivity contribution is 1.17. The van der Waals surface area contributed by atoms with E-state index in [0.29, 0.717) is 11.1 Å². The first-order valence-electron chi connectivity index (χ1n) is 16.0. The minimum Gasteiger partial charge on any atom is -0.308 e. The lowest BCUT2D eigenvalue weighted by Crippen LogP contribution is -2.75. The highest BCUT2D eigenvalue weighted by Crippen LogP contribution is 2.34. The van der Waals surface area contributed by atoms with Gasteiger partial charge >= 0.3 is 0 Å². The molecule has 0 bridgehead atoms. The van der Waals surface area contributed by atoms with Crippen LogP contribution in [-0.4, -0.2) is 12.6 Å². The quantitative estimate of drug-likeness (QED) is 0.141. The Balaban J connectivity index is 1.44. The van der Waals surface area contributed by atoms with Crippen molar-refractivity contribution in [3.8, 4) is 29.0 Å². The largest absolute Gasteiger partial charge is 0.308 e. The first-order chi connectivity index (χ1) is 23.7. The van der Waals surface area contributed by atoms with E-state index in [1.54, 1.807) is 0 Å². The number of benzene rings is 7. The number of aromatic nitrogens is 1. The fourth-order valence-electron chi connectivity index (χ4n) is 7.38. The average molecular weight is 628 g/mol. The summed E-state index contributed by atoms with van der Waals surface area (Å²) in [5.41, 5.74) is 5.95. The highest BCUT2D eigenvalue weighted by atomic mass is 28.3. The zero-order chi connectivity index (χ0) is 32.5. The molecule has 0 aliphatic heterocycles. The number of rotatable bonds is 6. The Morgan fingerprint density at radius 1 is 0.458 bits per heavy atom. The first-order valence-corrected chi connectivity index (χ1v) is 18.0. The number of fused-ring (bicyclic) bond motifs is 3. The second kappa shape index (κ2) is 12.0. The van der Waals surface area contributed by atoms with Crippen molar-refractivity contribution in [3.05, 3.63) is 187 Å². The van der Waals surface area contributed by atoms with E-state index in [2.05, 4.69) is 162 Å². The Hall–Kier alpha value is -6.46. The van der Waals surface area contributed by atoms with Gasteiger partial charge in [-0.15, -0.1) is 0 Å². The minimum absolute atomic E-state index is 0.568. The molecule has 8 rings (SSSR count). The standard InChI is InChI=1S/C44H29N3Si/c45-30-32-24-27-44(48(35-14-4-1-5-15-35,36-16-6-2-7-17-36)37-18-8-3-9-19-37)40(28-32)33-25-26-41(34(29-33)31-46)47-42-22-12-10-20-38(42)39-21-11-13-23-43(39)47/h1-29H. The van der Waals surface area contributed by atoms with E-state index >= 15 is 0 Å². The van der Waals surface area contributed by atoms with E-state index in [1.807, 2.05) is 30.3 Å². The van der Waals surface area contributed by atoms with E-state index in [9.17, 15) is 10.5 Å². The lowest BCUT2D eigenvalue weighted by atomic mass is 10.00. The van der Waals surface area contributed by atoms with Crippen LogP contribution in [-0.2, 0) is 0 Å². The molecule has 0 amide bonds. The van der Waals surface area contributed by atoms with Crippen LogP contribution in [0.15, 0.2) is 176 Å². The van der Waals surface area contributed by atoms with Crippen molar-refractivity contribution in [1.29, 1.82) is 10.5 Å². The molecular formula is C44H29N3Si. The second-order valence-corrected chi connectivity index (χ2v) is 15.7. The molecule has 48 heavy (non-hydrogen) atoms. The summed E-state index contributed by atoms with van der Waals surface area (Å²) in [6, 6.07) is 66.1. The molecule has 1 heterocycles. The van der Waals surface area contributed by atoms with Crippen molar-refractivity contribution in [3.63, 3.8) is 0 Å². The molecule has 0 saturated heterocycles. The van der Waals surface area contributed by atoms with E-state index in [4.69, 9.17) is 0 Å². The maximum Gasteiger partial charge on any atom is 0.180 e. The summed E-state index contributed by atoms with van der Waals surface area (Å²) < 4.78 is 2.19. The van der Waals surface area contributed by atoms with Crippen LogP contribution in [0.25, 0.3) is 38.6 Å². The summed E-state index contributed by atoms with van der Waals surface area (Å²) in [6.07, 6.45) is 0. The van der Waals surface area contributed by atoms with Crippen LogP contribution in [0.5, 0.6) is 0 Å². The Bertz CT molecular complexity index is 2370. The van der Waals surface area contributed by atoms with Crippen LogP contribution < -0.4 is 20.7 Å². The molecule has 0 atom stereocenters. The van der Waals surface area contributed by atoms with Crippen molar-refractivity contribution in [2.24, 2.45) is 0 Å². The van der Waals surface area contributed by atoms with Crippen molar-refractivity contribution in [2.75, 3.05) is 0 Å². The van der Waals surface area contributed by atoms with Crippen molar-refractivity contribution >= 4 is 50.6 Å². The first kappa shape index (κ1) is 29.0. The second-order valence-electron chi connectivity index (χ2n) is 11.9. The molecule has 7 aromatic carbocycles.